The summed E-state index contributed by atoms with van der Waals surface area (Å²) in [5, 5.41) is 30.1. The fourth-order valence-electron chi connectivity index (χ4n) is 3.95. The Morgan fingerprint density at radius 1 is 1.08 bits per heavy atom. The quantitative estimate of drug-likeness (QED) is 0.182. The lowest BCUT2D eigenvalue weighted by Gasteiger charge is -2.24. The van der Waals surface area contributed by atoms with E-state index in [1.54, 1.807) is 31.3 Å². The van der Waals surface area contributed by atoms with Crippen molar-refractivity contribution in [1.29, 1.82) is 0 Å². The molecule has 0 bridgehead atoms. The standard InChI is InChI=1S/C25H23N5O8S/c1-28-18-9-5-4-8-17(18)24(25(28)32)27-26-23(31)15-29(19-13-12-16(37-2)14-21(19)38-3)39(35,36)22-11-7-6-10-20(22)30(33)34/h4-14,32H,15H2,1-3H3. The van der Waals surface area contributed by atoms with Gasteiger partial charge in [0.1, 0.15) is 18.0 Å². The summed E-state index contributed by atoms with van der Waals surface area (Å²) in [7, 11) is -0.401. The molecule has 1 aromatic heterocycles. The number of hydrogen-bond donors (Lipinski definition) is 1. The Balaban J connectivity index is 1.80. The van der Waals surface area contributed by atoms with Gasteiger partial charge in [-0.05, 0) is 24.3 Å². The minimum atomic E-state index is -4.70. The molecule has 0 saturated carbocycles. The molecule has 0 spiro atoms. The van der Waals surface area contributed by atoms with Crippen molar-refractivity contribution in [2.24, 2.45) is 17.3 Å². The maximum atomic E-state index is 13.8. The molecule has 39 heavy (non-hydrogen) atoms. The van der Waals surface area contributed by atoms with Gasteiger partial charge in [0, 0.05) is 24.6 Å². The van der Waals surface area contributed by atoms with Crippen LogP contribution in [0, 0.1) is 10.1 Å². The fourth-order valence-corrected chi connectivity index (χ4v) is 5.54. The summed E-state index contributed by atoms with van der Waals surface area (Å²) in [6.45, 7) is -0.883. The smallest absolute Gasteiger partial charge is 0.289 e. The van der Waals surface area contributed by atoms with E-state index in [9.17, 15) is 28.4 Å². The van der Waals surface area contributed by atoms with Gasteiger partial charge in [0.2, 0.25) is 5.88 Å². The first-order valence-corrected chi connectivity index (χ1v) is 12.7. The highest BCUT2D eigenvalue weighted by Crippen LogP contribution is 2.39. The van der Waals surface area contributed by atoms with Crippen molar-refractivity contribution in [2.45, 2.75) is 4.90 Å². The number of rotatable bonds is 9. The number of sulfonamides is 1. The molecule has 1 N–H and O–H groups in total. The number of aryl methyl sites for hydroxylation is 1. The predicted molar refractivity (Wildman–Crippen MR) is 141 cm³/mol. The number of ether oxygens (including phenoxy) is 2. The van der Waals surface area contributed by atoms with Crippen LogP contribution in [0.3, 0.4) is 0 Å². The third-order valence-electron chi connectivity index (χ3n) is 5.88. The highest BCUT2D eigenvalue weighted by Gasteiger charge is 2.34. The molecule has 1 amide bonds. The van der Waals surface area contributed by atoms with Crippen LogP contribution < -0.4 is 13.8 Å². The molecule has 0 fully saturated rings. The number of aromatic nitrogens is 1. The number of hydrogen-bond acceptors (Lipinski definition) is 9. The number of aromatic hydroxyl groups is 1. The van der Waals surface area contributed by atoms with E-state index in [0.717, 1.165) is 12.1 Å². The number of amides is 1. The van der Waals surface area contributed by atoms with Gasteiger partial charge >= 0.3 is 0 Å². The number of azo groups is 1. The van der Waals surface area contributed by atoms with Gasteiger partial charge in [-0.15, -0.1) is 10.2 Å². The van der Waals surface area contributed by atoms with E-state index in [1.165, 1.54) is 49.1 Å². The molecule has 202 valence electrons. The molecule has 0 aliphatic heterocycles. The van der Waals surface area contributed by atoms with Crippen LogP contribution in [0.15, 0.2) is 81.9 Å². The van der Waals surface area contributed by atoms with Gasteiger partial charge in [0.05, 0.1) is 30.3 Å². The van der Waals surface area contributed by atoms with E-state index in [4.69, 9.17) is 9.47 Å². The second kappa shape index (κ2) is 10.8. The van der Waals surface area contributed by atoms with Crippen LogP contribution in [-0.2, 0) is 21.9 Å². The monoisotopic (exact) mass is 553 g/mol. The Kier molecular flexibility index (Phi) is 7.49. The fraction of sp³-hybridized carbons (Fsp3) is 0.160. The first kappa shape index (κ1) is 27.1. The molecule has 0 saturated heterocycles. The van der Waals surface area contributed by atoms with E-state index in [1.807, 2.05) is 0 Å². The molecular formula is C25H23N5O8S. The number of nitro benzene ring substituents is 1. The average Bonchev–Trinajstić information content (AvgIpc) is 3.19. The summed E-state index contributed by atoms with van der Waals surface area (Å²) in [5.74, 6) is -0.889. The molecule has 0 aliphatic rings. The van der Waals surface area contributed by atoms with Crippen LogP contribution in [0.5, 0.6) is 17.4 Å². The number of carbonyl (C=O) groups is 1. The first-order chi connectivity index (χ1) is 18.6. The summed E-state index contributed by atoms with van der Waals surface area (Å²) >= 11 is 0. The third kappa shape index (κ3) is 5.09. The van der Waals surface area contributed by atoms with E-state index >= 15 is 0 Å². The largest absolute Gasteiger partial charge is 0.497 e. The number of nitro groups is 1. The zero-order valence-electron chi connectivity index (χ0n) is 21.0. The number of nitrogens with zero attached hydrogens (tertiary/aromatic N) is 5. The van der Waals surface area contributed by atoms with Gasteiger partial charge in [-0.2, -0.15) is 0 Å². The molecule has 0 aliphatic carbocycles. The number of para-hydroxylation sites is 2. The van der Waals surface area contributed by atoms with E-state index < -0.39 is 38.0 Å². The summed E-state index contributed by atoms with van der Waals surface area (Å²) in [5.41, 5.74) is -0.103. The molecule has 3 aromatic carbocycles. The number of methoxy groups -OCH3 is 2. The molecule has 0 radical (unpaired) electrons. The van der Waals surface area contributed by atoms with Crippen LogP contribution in [0.25, 0.3) is 10.9 Å². The normalized spacial score (nSPS) is 11.6. The number of benzene rings is 3. The molecule has 1 heterocycles. The molecular weight excluding hydrogens is 530 g/mol. The first-order valence-electron chi connectivity index (χ1n) is 11.3. The van der Waals surface area contributed by atoms with Gasteiger partial charge in [-0.25, -0.2) is 8.42 Å². The highest BCUT2D eigenvalue weighted by molar-refractivity contribution is 7.93. The van der Waals surface area contributed by atoms with Crippen LogP contribution in [0.2, 0.25) is 0 Å². The Bertz CT molecular complexity index is 1710. The maximum absolute atomic E-state index is 13.8. The second-order valence-corrected chi connectivity index (χ2v) is 9.95. The summed E-state index contributed by atoms with van der Waals surface area (Å²) in [6.07, 6.45) is 0. The zero-order chi connectivity index (χ0) is 28.3. The second-order valence-electron chi connectivity index (χ2n) is 8.12. The molecule has 4 aromatic rings. The molecule has 0 unspecified atom stereocenters. The lowest BCUT2D eigenvalue weighted by Crippen LogP contribution is -2.36. The molecule has 14 heteroatoms. The van der Waals surface area contributed by atoms with Gasteiger partial charge in [-0.3, -0.25) is 19.2 Å². The molecule has 13 nitrogen and oxygen atoms in total. The molecule has 4 rings (SSSR count). The SMILES string of the molecule is COc1ccc(N(CC(=O)N=Nc2c(O)n(C)c3ccccc23)S(=O)(=O)c2ccccc2[N+](=O)[O-])c(OC)c1. The summed E-state index contributed by atoms with van der Waals surface area (Å²) in [6, 6.07) is 15.9. The van der Waals surface area contributed by atoms with Crippen LogP contribution in [0.1, 0.15) is 0 Å². The number of fused-ring (bicyclic) bond motifs is 1. The topological polar surface area (TPSA) is 166 Å². The lowest BCUT2D eigenvalue weighted by molar-refractivity contribution is -0.387. The summed E-state index contributed by atoms with van der Waals surface area (Å²) in [4.78, 5) is 23.2. The van der Waals surface area contributed by atoms with Gasteiger partial charge in [-0.1, -0.05) is 30.3 Å². The third-order valence-corrected chi connectivity index (χ3v) is 7.68. The van der Waals surface area contributed by atoms with E-state index in [2.05, 4.69) is 10.2 Å². The maximum Gasteiger partial charge on any atom is 0.289 e. The van der Waals surface area contributed by atoms with Crippen molar-refractivity contribution in [3.63, 3.8) is 0 Å². The lowest BCUT2D eigenvalue weighted by atomic mass is 10.2. The van der Waals surface area contributed by atoms with Crippen molar-refractivity contribution in [1.82, 2.24) is 4.57 Å². The van der Waals surface area contributed by atoms with Crippen LogP contribution in [0.4, 0.5) is 17.1 Å². The predicted octanol–water partition coefficient (Wildman–Crippen LogP) is 4.32. The van der Waals surface area contributed by atoms with Gasteiger partial charge in [0.25, 0.3) is 21.6 Å². The summed E-state index contributed by atoms with van der Waals surface area (Å²) < 4.78 is 40.2. The van der Waals surface area contributed by atoms with Gasteiger partial charge in [0.15, 0.2) is 10.6 Å². The molecule has 0 atom stereocenters. The number of carbonyl (C=O) groups excluding carboxylic acids is 1. The van der Waals surface area contributed by atoms with Crippen molar-refractivity contribution < 1.29 is 32.7 Å². The minimum absolute atomic E-state index is 0.0212. The Morgan fingerprint density at radius 3 is 2.46 bits per heavy atom. The van der Waals surface area contributed by atoms with Crippen LogP contribution >= 0.6 is 0 Å². The van der Waals surface area contributed by atoms with Gasteiger partial charge < -0.3 is 19.1 Å². The average molecular weight is 554 g/mol. The van der Waals surface area contributed by atoms with Crippen molar-refractivity contribution in [3.8, 4) is 17.4 Å². The highest BCUT2D eigenvalue weighted by atomic mass is 32.2. The minimum Gasteiger partial charge on any atom is -0.497 e. The number of anilines is 1. The van der Waals surface area contributed by atoms with Crippen LogP contribution in [-0.4, -0.2) is 49.7 Å². The Hall–Kier alpha value is -4.98. The van der Waals surface area contributed by atoms with E-state index in [-0.39, 0.29) is 23.0 Å². The zero-order valence-corrected chi connectivity index (χ0v) is 21.8. The van der Waals surface area contributed by atoms with E-state index in [0.29, 0.717) is 21.0 Å². The Labute approximate surface area is 222 Å². The Morgan fingerprint density at radius 2 is 1.77 bits per heavy atom. The van der Waals surface area contributed by atoms with Crippen molar-refractivity contribution in [2.75, 3.05) is 25.1 Å². The van der Waals surface area contributed by atoms with Crippen molar-refractivity contribution >= 4 is 43.9 Å². The van der Waals surface area contributed by atoms with Crippen molar-refractivity contribution in [3.05, 3.63) is 76.8 Å².